The van der Waals surface area contributed by atoms with Crippen LogP contribution in [0.5, 0.6) is 5.75 Å². The van der Waals surface area contributed by atoms with Gasteiger partial charge in [-0.1, -0.05) is 63.6 Å². The Hall–Kier alpha value is -2.78. The Morgan fingerprint density at radius 2 is 1.57 bits per heavy atom. The highest BCUT2D eigenvalue weighted by Crippen LogP contribution is 2.34. The molecular weight excluding hydrogens is 372 g/mol. The molecule has 2 aromatic carbocycles. The van der Waals surface area contributed by atoms with E-state index in [0.29, 0.717) is 23.0 Å². The van der Waals surface area contributed by atoms with Crippen LogP contribution in [-0.4, -0.2) is 6.47 Å². The van der Waals surface area contributed by atoms with Gasteiger partial charge in [0.25, 0.3) is 6.47 Å². The Morgan fingerprint density at radius 1 is 0.929 bits per heavy atom. The number of halogens is 1. The van der Waals surface area contributed by atoms with Crippen molar-refractivity contribution >= 4 is 23.6 Å². The largest absolute Gasteiger partial charge is 0.456 e. The Kier molecular flexibility index (Phi) is 10.4. The number of allylic oxidation sites excluding steroid dienone is 1. The molecule has 0 spiro atoms. The minimum Gasteiger partial charge on any atom is -0.456 e. The number of para-hydroxylation sites is 1. The Morgan fingerprint density at radius 3 is 2.18 bits per heavy atom. The second-order valence-electron chi connectivity index (χ2n) is 5.08. The number of hydrogen-bond donors (Lipinski definition) is 0. The maximum atomic E-state index is 10.7. The third-order valence-corrected chi connectivity index (χ3v) is 3.89. The molecule has 0 fully saturated rings. The molecule has 0 bridgehead atoms. The summed E-state index contributed by atoms with van der Waals surface area (Å²) in [5.41, 5.74) is 2.59. The highest BCUT2D eigenvalue weighted by Gasteiger charge is 2.14. The van der Waals surface area contributed by atoms with Crippen molar-refractivity contribution in [3.8, 4) is 17.1 Å². The second kappa shape index (κ2) is 12.6. The fourth-order valence-electron chi connectivity index (χ4n) is 2.53. The molecule has 3 aromatic rings. The zero-order valence-electron chi connectivity index (χ0n) is 17.0. The van der Waals surface area contributed by atoms with Crippen LogP contribution >= 0.6 is 11.6 Å². The van der Waals surface area contributed by atoms with Gasteiger partial charge in [-0.2, -0.15) is 0 Å². The first kappa shape index (κ1) is 23.3. The lowest BCUT2D eigenvalue weighted by molar-refractivity contribution is -0.120. The van der Waals surface area contributed by atoms with Crippen molar-refractivity contribution in [1.82, 2.24) is 0 Å². The van der Waals surface area contributed by atoms with Gasteiger partial charge in [0.2, 0.25) is 0 Å². The predicted octanol–water partition coefficient (Wildman–Crippen LogP) is 7.64. The first-order valence-corrected chi connectivity index (χ1v) is 9.83. The lowest BCUT2D eigenvalue weighted by Crippen LogP contribution is -1.94. The molecule has 0 aliphatic carbocycles. The van der Waals surface area contributed by atoms with E-state index in [1.807, 2.05) is 95.3 Å². The maximum Gasteiger partial charge on any atom is 0.298 e. The summed E-state index contributed by atoms with van der Waals surface area (Å²) in [4.78, 5) is 10.7. The molecule has 0 radical (unpaired) electrons. The van der Waals surface area contributed by atoms with Gasteiger partial charge in [0.1, 0.15) is 17.3 Å². The van der Waals surface area contributed by atoms with Crippen molar-refractivity contribution in [3.05, 3.63) is 83.1 Å². The number of benzene rings is 2. The minimum atomic E-state index is 0.424. The van der Waals surface area contributed by atoms with Crippen molar-refractivity contribution in [1.29, 1.82) is 0 Å². The summed E-state index contributed by atoms with van der Waals surface area (Å²) in [6.07, 6.45) is 1.93. The Labute approximate surface area is 172 Å². The first-order valence-electron chi connectivity index (χ1n) is 9.45. The lowest BCUT2D eigenvalue weighted by Gasteiger charge is -2.09. The van der Waals surface area contributed by atoms with Crippen molar-refractivity contribution in [3.63, 3.8) is 0 Å². The van der Waals surface area contributed by atoms with Crippen LogP contribution in [0.25, 0.3) is 16.9 Å². The predicted molar refractivity (Wildman–Crippen MR) is 118 cm³/mol. The third-order valence-electron chi connectivity index (χ3n) is 3.64. The molecule has 1 heterocycles. The molecule has 28 heavy (non-hydrogen) atoms. The molecule has 0 N–H and O–H groups in total. The van der Waals surface area contributed by atoms with Gasteiger partial charge in [0, 0.05) is 21.7 Å². The number of ether oxygens (including phenoxy) is 1. The van der Waals surface area contributed by atoms with Gasteiger partial charge >= 0.3 is 0 Å². The van der Waals surface area contributed by atoms with Gasteiger partial charge < -0.3 is 9.15 Å². The van der Waals surface area contributed by atoms with E-state index in [0.717, 1.165) is 22.5 Å². The molecule has 3 nitrogen and oxygen atoms in total. The van der Waals surface area contributed by atoms with Crippen LogP contribution in [0.1, 0.15) is 45.9 Å². The standard InChI is InChI=1S/C20H15ClO3.2C2H6/c1-2-16(17-5-3-4-6-19(17)23-13-22)20-12-11-18(24-20)14-7-9-15(21)10-8-14;2*1-2/h2-13H,1H3;2*1-2H3/b16-2+;;. The second-order valence-corrected chi connectivity index (χ2v) is 5.52. The summed E-state index contributed by atoms with van der Waals surface area (Å²) in [7, 11) is 0. The molecule has 0 amide bonds. The van der Waals surface area contributed by atoms with Gasteiger partial charge in [-0.3, -0.25) is 4.79 Å². The SMILES string of the molecule is C/C=C(/c1ccc(-c2ccc(Cl)cc2)o1)c1ccccc1OC=O.CC.CC. The number of rotatable bonds is 5. The Bertz CT molecular complexity index is 877. The molecule has 148 valence electrons. The molecule has 0 unspecified atom stereocenters. The zero-order chi connectivity index (χ0) is 20.9. The topological polar surface area (TPSA) is 39.4 Å². The van der Waals surface area contributed by atoms with E-state index in [4.69, 9.17) is 20.8 Å². The van der Waals surface area contributed by atoms with Crippen molar-refractivity contribution in [2.24, 2.45) is 0 Å². The molecule has 0 aliphatic heterocycles. The van der Waals surface area contributed by atoms with Gasteiger partial charge in [-0.15, -0.1) is 0 Å². The summed E-state index contributed by atoms with van der Waals surface area (Å²) in [5, 5.41) is 0.680. The number of carbonyl (C=O) groups is 1. The molecule has 4 heteroatoms. The first-order chi connectivity index (χ1) is 13.7. The minimum absolute atomic E-state index is 0.424. The van der Waals surface area contributed by atoms with Crippen LogP contribution in [0.3, 0.4) is 0 Å². The van der Waals surface area contributed by atoms with Crippen LogP contribution in [0.15, 0.2) is 71.2 Å². The monoisotopic (exact) mass is 398 g/mol. The lowest BCUT2D eigenvalue weighted by atomic mass is 10.0. The van der Waals surface area contributed by atoms with E-state index in [9.17, 15) is 4.79 Å². The molecule has 1 aromatic heterocycles. The summed E-state index contributed by atoms with van der Waals surface area (Å²) in [6.45, 7) is 10.3. The summed E-state index contributed by atoms with van der Waals surface area (Å²) >= 11 is 5.92. The van der Waals surface area contributed by atoms with Crippen molar-refractivity contribution < 1.29 is 13.9 Å². The van der Waals surface area contributed by atoms with E-state index in [1.54, 1.807) is 6.07 Å². The molecule has 0 saturated carbocycles. The zero-order valence-corrected chi connectivity index (χ0v) is 17.8. The van der Waals surface area contributed by atoms with Gasteiger partial charge in [-0.05, 0) is 49.4 Å². The molecule has 3 rings (SSSR count). The average Bonchev–Trinajstić information content (AvgIpc) is 3.23. The smallest absolute Gasteiger partial charge is 0.298 e. The maximum absolute atomic E-state index is 10.7. The van der Waals surface area contributed by atoms with Gasteiger partial charge in [0.15, 0.2) is 0 Å². The van der Waals surface area contributed by atoms with Gasteiger partial charge in [-0.25, -0.2) is 0 Å². The van der Waals surface area contributed by atoms with Crippen molar-refractivity contribution in [2.75, 3.05) is 0 Å². The van der Waals surface area contributed by atoms with Crippen LogP contribution in [-0.2, 0) is 4.79 Å². The fourth-order valence-corrected chi connectivity index (χ4v) is 2.65. The number of furan rings is 1. The van der Waals surface area contributed by atoms with Crippen LogP contribution in [0.2, 0.25) is 5.02 Å². The molecule has 0 aliphatic rings. The fraction of sp³-hybridized carbons (Fsp3) is 0.208. The normalized spacial score (nSPS) is 10.1. The third kappa shape index (κ3) is 5.86. The van der Waals surface area contributed by atoms with E-state index < -0.39 is 0 Å². The average molecular weight is 399 g/mol. The van der Waals surface area contributed by atoms with E-state index >= 15 is 0 Å². The summed E-state index contributed by atoms with van der Waals surface area (Å²) in [5.74, 6) is 1.93. The van der Waals surface area contributed by atoms with E-state index in [-0.39, 0.29) is 0 Å². The van der Waals surface area contributed by atoms with Gasteiger partial charge in [0.05, 0.1) is 0 Å². The number of hydrogen-bond acceptors (Lipinski definition) is 3. The van der Waals surface area contributed by atoms with Crippen LogP contribution in [0, 0.1) is 0 Å². The van der Waals surface area contributed by atoms with Crippen molar-refractivity contribution in [2.45, 2.75) is 34.6 Å². The summed E-state index contributed by atoms with van der Waals surface area (Å²) < 4.78 is 11.1. The quantitative estimate of drug-likeness (QED) is 0.414. The Balaban J connectivity index is 0.000000921. The van der Waals surface area contributed by atoms with E-state index in [1.165, 1.54) is 0 Å². The van der Waals surface area contributed by atoms with Crippen LogP contribution < -0.4 is 4.74 Å². The highest BCUT2D eigenvalue weighted by molar-refractivity contribution is 6.30. The van der Waals surface area contributed by atoms with Crippen LogP contribution in [0.4, 0.5) is 0 Å². The number of carbonyl (C=O) groups excluding carboxylic acids is 1. The molecule has 0 saturated heterocycles. The van der Waals surface area contributed by atoms with E-state index in [2.05, 4.69) is 0 Å². The summed E-state index contributed by atoms with van der Waals surface area (Å²) in [6, 6.07) is 18.6. The molecule has 0 atom stereocenters. The molecular formula is C24H27ClO3. The highest BCUT2D eigenvalue weighted by atomic mass is 35.5.